The zero-order chi connectivity index (χ0) is 13.8. The lowest BCUT2D eigenvalue weighted by atomic mass is 10.1. The van der Waals surface area contributed by atoms with Crippen LogP contribution in [-0.4, -0.2) is 5.91 Å². The van der Waals surface area contributed by atoms with E-state index in [9.17, 15) is 4.79 Å². The van der Waals surface area contributed by atoms with Gasteiger partial charge in [0.2, 0.25) is 0 Å². The largest absolute Gasteiger partial charge is 0.399 e. The summed E-state index contributed by atoms with van der Waals surface area (Å²) in [7, 11) is 0. The Morgan fingerprint density at radius 2 is 1.89 bits per heavy atom. The number of hydrogen-bond acceptors (Lipinski definition) is 3. The van der Waals surface area contributed by atoms with Gasteiger partial charge in [0.25, 0.3) is 5.91 Å². The molecule has 0 spiro atoms. The van der Waals surface area contributed by atoms with Crippen LogP contribution in [0.2, 0.25) is 0 Å². The third kappa shape index (κ3) is 3.04. The first-order valence-corrected chi connectivity index (χ1v) is 6.05. The number of amides is 1. The van der Waals surface area contributed by atoms with Crippen molar-refractivity contribution in [2.24, 2.45) is 0 Å². The Balaban J connectivity index is 2.08. The lowest BCUT2D eigenvalue weighted by molar-refractivity contribution is 0.0952. The van der Waals surface area contributed by atoms with Crippen molar-refractivity contribution in [3.05, 3.63) is 59.2 Å². The van der Waals surface area contributed by atoms with Crippen LogP contribution in [0, 0.1) is 6.92 Å². The molecule has 0 aliphatic heterocycles. The molecule has 4 nitrogen and oxygen atoms in total. The second-order valence-electron chi connectivity index (χ2n) is 4.46. The van der Waals surface area contributed by atoms with Gasteiger partial charge in [-0.2, -0.15) is 0 Å². The maximum absolute atomic E-state index is 12.0. The zero-order valence-electron chi connectivity index (χ0n) is 10.8. The topological polar surface area (TPSA) is 81.1 Å². The minimum Gasteiger partial charge on any atom is -0.399 e. The molecule has 2 aromatic carbocycles. The maximum atomic E-state index is 12.0. The van der Waals surface area contributed by atoms with Crippen LogP contribution in [0.3, 0.4) is 0 Å². The average molecular weight is 255 g/mol. The van der Waals surface area contributed by atoms with E-state index in [0.717, 1.165) is 11.1 Å². The summed E-state index contributed by atoms with van der Waals surface area (Å²) in [6.45, 7) is 2.49. The van der Waals surface area contributed by atoms with Crippen LogP contribution in [0.4, 0.5) is 11.4 Å². The van der Waals surface area contributed by atoms with Crippen molar-refractivity contribution in [3.8, 4) is 0 Å². The number of nitrogens with one attached hydrogen (secondary N) is 1. The van der Waals surface area contributed by atoms with Crippen LogP contribution >= 0.6 is 0 Å². The van der Waals surface area contributed by atoms with Gasteiger partial charge in [-0.1, -0.05) is 24.3 Å². The van der Waals surface area contributed by atoms with Crippen molar-refractivity contribution in [3.63, 3.8) is 0 Å². The molecule has 0 heterocycles. The van der Waals surface area contributed by atoms with Crippen LogP contribution in [0.15, 0.2) is 42.5 Å². The molecule has 0 aliphatic carbocycles. The Labute approximate surface area is 112 Å². The lowest BCUT2D eigenvalue weighted by Gasteiger charge is -2.09. The standard InChI is InChI=1S/C15H17N3O/c1-10-4-2-3-5-11(10)9-18-15(19)13-7-6-12(16)8-14(13)17/h2-8H,9,16-17H2,1H3,(H,18,19). The highest BCUT2D eigenvalue weighted by molar-refractivity contribution is 5.99. The Morgan fingerprint density at radius 3 is 2.58 bits per heavy atom. The number of nitrogens with two attached hydrogens (primary N) is 2. The molecule has 2 aromatic rings. The molecule has 1 amide bonds. The number of benzene rings is 2. The first-order valence-electron chi connectivity index (χ1n) is 6.05. The average Bonchev–Trinajstić information content (AvgIpc) is 2.37. The third-order valence-corrected chi connectivity index (χ3v) is 3.02. The molecular formula is C15H17N3O. The van der Waals surface area contributed by atoms with E-state index in [1.807, 2.05) is 31.2 Å². The molecule has 5 N–H and O–H groups in total. The molecule has 0 bridgehead atoms. The summed E-state index contributed by atoms with van der Waals surface area (Å²) in [5.74, 6) is -0.194. The summed E-state index contributed by atoms with van der Waals surface area (Å²) in [6, 6.07) is 12.8. The fourth-order valence-corrected chi connectivity index (χ4v) is 1.87. The number of carbonyl (C=O) groups is 1. The molecule has 0 unspecified atom stereocenters. The van der Waals surface area contributed by atoms with Crippen LogP contribution in [-0.2, 0) is 6.54 Å². The summed E-state index contributed by atoms with van der Waals surface area (Å²) in [6.07, 6.45) is 0. The smallest absolute Gasteiger partial charge is 0.253 e. The molecule has 0 aliphatic rings. The second kappa shape index (κ2) is 5.44. The molecule has 0 atom stereocenters. The van der Waals surface area contributed by atoms with Crippen molar-refractivity contribution in [1.82, 2.24) is 5.32 Å². The van der Waals surface area contributed by atoms with Gasteiger partial charge in [-0.05, 0) is 36.2 Å². The molecule has 0 radical (unpaired) electrons. The van der Waals surface area contributed by atoms with Gasteiger partial charge < -0.3 is 16.8 Å². The van der Waals surface area contributed by atoms with Gasteiger partial charge in [-0.15, -0.1) is 0 Å². The Hall–Kier alpha value is -2.49. The predicted molar refractivity (Wildman–Crippen MR) is 77.6 cm³/mol. The number of rotatable bonds is 3. The highest BCUT2D eigenvalue weighted by Crippen LogP contribution is 2.15. The van der Waals surface area contributed by atoms with E-state index in [0.29, 0.717) is 23.5 Å². The van der Waals surface area contributed by atoms with E-state index in [4.69, 9.17) is 11.5 Å². The first kappa shape index (κ1) is 13.0. The molecule has 0 aromatic heterocycles. The van der Waals surface area contributed by atoms with E-state index in [1.54, 1.807) is 18.2 Å². The molecule has 0 saturated carbocycles. The number of aryl methyl sites for hydroxylation is 1. The Bertz CT molecular complexity index is 608. The van der Waals surface area contributed by atoms with Crippen LogP contribution in [0.5, 0.6) is 0 Å². The second-order valence-corrected chi connectivity index (χ2v) is 4.46. The summed E-state index contributed by atoms with van der Waals surface area (Å²) in [5, 5.41) is 2.86. The molecule has 19 heavy (non-hydrogen) atoms. The minimum atomic E-state index is -0.194. The van der Waals surface area contributed by atoms with Crippen LogP contribution < -0.4 is 16.8 Å². The quantitative estimate of drug-likeness (QED) is 0.734. The van der Waals surface area contributed by atoms with Gasteiger partial charge in [0.1, 0.15) is 0 Å². The zero-order valence-corrected chi connectivity index (χ0v) is 10.8. The van der Waals surface area contributed by atoms with Gasteiger partial charge in [0.15, 0.2) is 0 Å². The maximum Gasteiger partial charge on any atom is 0.253 e. The van der Waals surface area contributed by atoms with E-state index >= 15 is 0 Å². The number of nitrogen functional groups attached to an aromatic ring is 2. The van der Waals surface area contributed by atoms with E-state index in [2.05, 4.69) is 5.32 Å². The summed E-state index contributed by atoms with van der Waals surface area (Å²) >= 11 is 0. The monoisotopic (exact) mass is 255 g/mol. The van der Waals surface area contributed by atoms with Crippen LogP contribution in [0.25, 0.3) is 0 Å². The lowest BCUT2D eigenvalue weighted by Crippen LogP contribution is -2.24. The van der Waals surface area contributed by atoms with Crippen molar-refractivity contribution >= 4 is 17.3 Å². The minimum absolute atomic E-state index is 0.194. The van der Waals surface area contributed by atoms with Crippen molar-refractivity contribution in [2.45, 2.75) is 13.5 Å². The fraction of sp³-hybridized carbons (Fsp3) is 0.133. The molecular weight excluding hydrogens is 238 g/mol. The molecule has 4 heteroatoms. The van der Waals surface area contributed by atoms with Crippen molar-refractivity contribution in [2.75, 3.05) is 11.5 Å². The number of carbonyl (C=O) groups excluding carboxylic acids is 1. The highest BCUT2D eigenvalue weighted by Gasteiger charge is 2.09. The molecule has 0 saturated heterocycles. The molecule has 0 fully saturated rings. The third-order valence-electron chi connectivity index (χ3n) is 3.02. The van der Waals surface area contributed by atoms with Crippen LogP contribution in [0.1, 0.15) is 21.5 Å². The predicted octanol–water partition coefficient (Wildman–Crippen LogP) is 2.09. The highest BCUT2D eigenvalue weighted by atomic mass is 16.1. The summed E-state index contributed by atoms with van der Waals surface area (Å²) in [4.78, 5) is 12.0. The normalized spacial score (nSPS) is 10.2. The van der Waals surface area contributed by atoms with E-state index in [1.165, 1.54) is 0 Å². The summed E-state index contributed by atoms with van der Waals surface area (Å²) < 4.78 is 0. The van der Waals surface area contributed by atoms with Crippen molar-refractivity contribution in [1.29, 1.82) is 0 Å². The number of hydrogen-bond donors (Lipinski definition) is 3. The van der Waals surface area contributed by atoms with Gasteiger partial charge in [-0.25, -0.2) is 0 Å². The van der Waals surface area contributed by atoms with Gasteiger partial charge in [0, 0.05) is 17.9 Å². The van der Waals surface area contributed by atoms with Crippen molar-refractivity contribution < 1.29 is 4.79 Å². The van der Waals surface area contributed by atoms with Gasteiger partial charge >= 0.3 is 0 Å². The summed E-state index contributed by atoms with van der Waals surface area (Å²) in [5.41, 5.74) is 15.0. The number of anilines is 2. The fourth-order valence-electron chi connectivity index (χ4n) is 1.87. The molecule has 2 rings (SSSR count). The Kier molecular flexibility index (Phi) is 3.71. The van der Waals surface area contributed by atoms with Gasteiger partial charge in [-0.3, -0.25) is 4.79 Å². The Morgan fingerprint density at radius 1 is 1.16 bits per heavy atom. The molecule has 98 valence electrons. The van der Waals surface area contributed by atoms with Gasteiger partial charge in [0.05, 0.1) is 5.56 Å². The SMILES string of the molecule is Cc1ccccc1CNC(=O)c1ccc(N)cc1N. The van der Waals surface area contributed by atoms with E-state index < -0.39 is 0 Å². The first-order chi connectivity index (χ1) is 9.08. The van der Waals surface area contributed by atoms with E-state index in [-0.39, 0.29) is 5.91 Å².